The number of Topliss-reactive ketones (excluding diaryl/α,β-unsaturated/α-hetero) is 1. The molecule has 64 heavy (non-hydrogen) atoms. The van der Waals surface area contributed by atoms with E-state index < -0.39 is 54.6 Å². The van der Waals surface area contributed by atoms with Crippen molar-refractivity contribution in [3.63, 3.8) is 0 Å². The lowest BCUT2D eigenvalue weighted by molar-refractivity contribution is -0.144. The van der Waals surface area contributed by atoms with E-state index in [1.165, 1.54) is 56.3 Å². The SMILES string of the molecule is C1CCCCC1.CC(C)(C)OC=O.CC1NC(=O)CCc2ccc(cc2)Oc2ccc3c(c2)CN(C1=O)C(C(=O)NCC(=O)C(=O)NCC(=O)NC(C)c1ccccc1)C3.CCCC. The molecular weight excluding hydrogens is 815 g/mol. The summed E-state index contributed by atoms with van der Waals surface area (Å²) in [6, 6.07) is 19.9. The van der Waals surface area contributed by atoms with Crippen LogP contribution in [-0.4, -0.2) is 77.5 Å². The molecule has 3 aromatic rings. The summed E-state index contributed by atoms with van der Waals surface area (Å²) in [5.41, 5.74) is 3.10. The standard InChI is InChI=1S/C35H37N5O7.C6H12.C5H10O2.C4H10/c1-21(24-6-4-3-5-7-24)38-32(43)19-37-34(45)30(41)18-36-33(44)29-17-25-11-14-28-16-26(25)20-40(29)35(46)22(2)39-31(42)15-10-23-8-12-27(47-28)13-9-23;1-2-4-6-5-3-1;1-5(2,3)7-4-6;1-3-4-2/h3-9,11-14,16,21-22,29H,10,15,17-20H2,1-2H3,(H,36,44)(H,37,45)(H,38,43)(H,39,42);1-6H2;4H,1-3H3;3-4H2,1-2H3. The topological polar surface area (TPSA) is 189 Å². The van der Waals surface area contributed by atoms with Gasteiger partial charge in [-0.3, -0.25) is 33.6 Å². The van der Waals surface area contributed by atoms with Gasteiger partial charge in [0, 0.05) is 19.4 Å². The van der Waals surface area contributed by atoms with E-state index in [9.17, 15) is 33.6 Å². The van der Waals surface area contributed by atoms with Gasteiger partial charge in [-0.2, -0.15) is 0 Å². The molecule has 1 aliphatic carbocycles. The molecule has 0 saturated heterocycles. The lowest BCUT2D eigenvalue weighted by atomic mass is 9.92. The minimum Gasteiger partial charge on any atom is -0.462 e. The molecule has 1 fully saturated rings. The Morgan fingerprint density at radius 2 is 1.44 bits per heavy atom. The Morgan fingerprint density at radius 3 is 2.00 bits per heavy atom. The van der Waals surface area contributed by atoms with Crippen LogP contribution in [0.3, 0.4) is 0 Å². The molecule has 0 aromatic heterocycles. The van der Waals surface area contributed by atoms with E-state index in [1.807, 2.05) is 87.5 Å². The van der Waals surface area contributed by atoms with Crippen molar-refractivity contribution in [2.75, 3.05) is 13.1 Å². The number of nitrogens with zero attached hydrogens (tertiary/aromatic N) is 1. The zero-order chi connectivity index (χ0) is 47.1. The molecule has 3 atom stereocenters. The number of hydrogen-bond donors (Lipinski definition) is 4. The van der Waals surface area contributed by atoms with E-state index in [1.54, 1.807) is 19.9 Å². The Morgan fingerprint density at radius 1 is 0.828 bits per heavy atom. The number of rotatable bonds is 10. The maximum Gasteiger partial charge on any atom is 0.293 e. The van der Waals surface area contributed by atoms with E-state index in [-0.39, 0.29) is 36.9 Å². The monoisotopic (exact) mass is 884 g/mol. The molecule has 0 spiro atoms. The molecule has 3 unspecified atom stereocenters. The van der Waals surface area contributed by atoms with E-state index >= 15 is 0 Å². The first-order valence-electron chi connectivity index (χ1n) is 22.6. The number of ether oxygens (including phenoxy) is 2. The summed E-state index contributed by atoms with van der Waals surface area (Å²) in [5, 5.41) is 10.2. The number of amides is 5. The Kier molecular flexibility index (Phi) is 22.2. The van der Waals surface area contributed by atoms with Crippen LogP contribution in [-0.2, 0) is 57.7 Å². The van der Waals surface area contributed by atoms with Gasteiger partial charge in [-0.1, -0.05) is 114 Å². The Labute approximate surface area is 379 Å². The number of nitrogens with one attached hydrogen (secondary N) is 4. The number of carbonyl (C=O) groups is 7. The number of carbonyl (C=O) groups excluding carboxylic acids is 7. The second-order valence-electron chi connectivity index (χ2n) is 17.1. The van der Waals surface area contributed by atoms with Gasteiger partial charge in [-0.25, -0.2) is 0 Å². The highest BCUT2D eigenvalue weighted by atomic mass is 16.5. The summed E-state index contributed by atoms with van der Waals surface area (Å²) in [5.74, 6) is -2.67. The van der Waals surface area contributed by atoms with Crippen molar-refractivity contribution >= 4 is 41.8 Å². The van der Waals surface area contributed by atoms with Crippen LogP contribution in [0.25, 0.3) is 0 Å². The maximum atomic E-state index is 13.6. The van der Waals surface area contributed by atoms with Crippen molar-refractivity contribution in [3.05, 3.63) is 95.1 Å². The van der Waals surface area contributed by atoms with Gasteiger partial charge in [0.25, 0.3) is 12.4 Å². The highest BCUT2D eigenvalue weighted by Gasteiger charge is 2.37. The number of hydrogen-bond acceptors (Lipinski definition) is 9. The smallest absolute Gasteiger partial charge is 0.293 e. The van der Waals surface area contributed by atoms with Gasteiger partial charge in [-0.15, -0.1) is 0 Å². The first kappa shape index (κ1) is 52.3. The van der Waals surface area contributed by atoms with Crippen LogP contribution < -0.4 is 26.0 Å². The summed E-state index contributed by atoms with van der Waals surface area (Å²) in [6.45, 7) is 12.7. The number of unbranched alkanes of at least 4 members (excludes halogenated alkanes) is 1. The number of ketones is 1. The Balaban J connectivity index is 0.000000538. The fourth-order valence-corrected chi connectivity index (χ4v) is 6.78. The quantitative estimate of drug-likeness (QED) is 0.123. The molecule has 3 aliphatic heterocycles. The molecule has 14 heteroatoms. The molecule has 0 radical (unpaired) electrons. The molecule has 1 saturated carbocycles. The molecule has 3 aromatic carbocycles. The minimum atomic E-state index is -1.03. The van der Waals surface area contributed by atoms with Crippen LogP contribution in [0, 0.1) is 0 Å². The largest absolute Gasteiger partial charge is 0.462 e. The summed E-state index contributed by atoms with van der Waals surface area (Å²) >= 11 is 0. The van der Waals surface area contributed by atoms with Gasteiger partial charge >= 0.3 is 0 Å². The molecule has 3 heterocycles. The van der Waals surface area contributed by atoms with Crippen molar-refractivity contribution in [2.24, 2.45) is 0 Å². The van der Waals surface area contributed by atoms with Crippen LogP contribution in [0.4, 0.5) is 0 Å². The van der Waals surface area contributed by atoms with Crippen LogP contribution in [0.15, 0.2) is 72.8 Å². The third-order valence-corrected chi connectivity index (χ3v) is 10.6. The second-order valence-corrected chi connectivity index (χ2v) is 17.1. The fourth-order valence-electron chi connectivity index (χ4n) is 6.78. The number of fused-ring (bicyclic) bond motifs is 7. The van der Waals surface area contributed by atoms with Crippen molar-refractivity contribution < 1.29 is 43.0 Å². The first-order chi connectivity index (χ1) is 30.5. The summed E-state index contributed by atoms with van der Waals surface area (Å²) in [7, 11) is 0. The lowest BCUT2D eigenvalue weighted by Gasteiger charge is -2.37. The third kappa shape index (κ3) is 18.7. The average Bonchev–Trinajstić information content (AvgIpc) is 3.29. The average molecular weight is 884 g/mol. The molecule has 348 valence electrons. The van der Waals surface area contributed by atoms with Crippen LogP contribution in [0.1, 0.15) is 135 Å². The summed E-state index contributed by atoms with van der Waals surface area (Å²) < 4.78 is 10.6. The van der Waals surface area contributed by atoms with Gasteiger partial charge in [0.1, 0.15) is 29.2 Å². The third-order valence-electron chi connectivity index (χ3n) is 10.6. The normalized spacial score (nSPS) is 17.1. The van der Waals surface area contributed by atoms with Crippen molar-refractivity contribution in [2.45, 2.75) is 149 Å². The van der Waals surface area contributed by atoms with Crippen LogP contribution in [0.5, 0.6) is 11.5 Å². The molecular formula is C50H69N5O9. The van der Waals surface area contributed by atoms with E-state index in [0.29, 0.717) is 24.4 Å². The van der Waals surface area contributed by atoms with Gasteiger partial charge in [-0.05, 0) is 87.6 Å². The van der Waals surface area contributed by atoms with Gasteiger partial charge in [0.2, 0.25) is 29.4 Å². The van der Waals surface area contributed by atoms with Crippen LogP contribution in [0.2, 0.25) is 0 Å². The summed E-state index contributed by atoms with van der Waals surface area (Å²) in [6.07, 6.45) is 12.4. The lowest BCUT2D eigenvalue weighted by Crippen LogP contribution is -2.57. The summed E-state index contributed by atoms with van der Waals surface area (Å²) in [4.78, 5) is 88.0. The molecule has 4 N–H and O–H groups in total. The molecule has 5 amide bonds. The van der Waals surface area contributed by atoms with E-state index in [2.05, 4.69) is 39.9 Å². The number of benzene rings is 3. The zero-order valence-corrected chi connectivity index (χ0v) is 38.8. The molecule has 4 aliphatic rings. The Hall–Kier alpha value is -6.05. The number of aryl methyl sites for hydroxylation is 1. The zero-order valence-electron chi connectivity index (χ0n) is 38.8. The van der Waals surface area contributed by atoms with Crippen molar-refractivity contribution in [3.8, 4) is 11.5 Å². The predicted octanol–water partition coefficient (Wildman–Crippen LogP) is 6.97. The maximum absolute atomic E-state index is 13.6. The minimum absolute atomic E-state index is 0.0630. The van der Waals surface area contributed by atoms with Crippen molar-refractivity contribution in [1.29, 1.82) is 0 Å². The predicted molar refractivity (Wildman–Crippen MR) is 246 cm³/mol. The van der Waals surface area contributed by atoms with Gasteiger partial charge < -0.3 is 35.6 Å². The highest BCUT2D eigenvalue weighted by molar-refractivity contribution is 6.37. The fraction of sp³-hybridized carbons (Fsp3) is 0.500. The molecule has 14 nitrogen and oxygen atoms in total. The van der Waals surface area contributed by atoms with E-state index in [0.717, 1.165) is 22.3 Å². The van der Waals surface area contributed by atoms with Gasteiger partial charge in [0.05, 0.1) is 19.1 Å². The van der Waals surface area contributed by atoms with E-state index in [4.69, 9.17) is 4.74 Å². The second kappa shape index (κ2) is 27.2. The first-order valence-corrected chi connectivity index (χ1v) is 22.6. The van der Waals surface area contributed by atoms with Crippen LogP contribution >= 0.6 is 0 Å². The van der Waals surface area contributed by atoms with Crippen molar-refractivity contribution in [1.82, 2.24) is 26.2 Å². The highest BCUT2D eigenvalue weighted by Crippen LogP contribution is 2.30. The van der Waals surface area contributed by atoms with Gasteiger partial charge in [0.15, 0.2) is 0 Å². The molecule has 5 bridgehead atoms. The molecule has 7 rings (SSSR count). The Bertz CT molecular complexity index is 1960.